The van der Waals surface area contributed by atoms with E-state index in [9.17, 15) is 0 Å². The topological polar surface area (TPSA) is 118 Å². The SMILES string of the molecule is c1[nH]nnc1COc1cc2[nH]nnc2nn1. The van der Waals surface area contributed by atoms with Crippen molar-refractivity contribution in [2.45, 2.75) is 6.61 Å². The van der Waals surface area contributed by atoms with Gasteiger partial charge in [-0.2, -0.15) is 0 Å². The van der Waals surface area contributed by atoms with Gasteiger partial charge in [-0.05, 0) is 0 Å². The van der Waals surface area contributed by atoms with Crippen LogP contribution in [0.25, 0.3) is 11.2 Å². The fourth-order valence-corrected chi connectivity index (χ4v) is 1.16. The lowest BCUT2D eigenvalue weighted by Gasteiger charge is -2.00. The number of nitrogens with zero attached hydrogens (tertiary/aromatic N) is 6. The molecule has 9 heteroatoms. The summed E-state index contributed by atoms with van der Waals surface area (Å²) in [5.74, 6) is 0.376. The molecular weight excluding hydrogens is 212 g/mol. The summed E-state index contributed by atoms with van der Waals surface area (Å²) in [6.07, 6.45) is 1.64. The molecule has 0 radical (unpaired) electrons. The predicted octanol–water partition coefficient (Wildman–Crippen LogP) is -0.555. The zero-order valence-corrected chi connectivity index (χ0v) is 7.95. The van der Waals surface area contributed by atoms with E-state index in [0.29, 0.717) is 22.7 Å². The molecule has 2 N–H and O–H groups in total. The molecular formula is C7H6N8O. The Labute approximate surface area is 88.2 Å². The van der Waals surface area contributed by atoms with Crippen LogP contribution in [-0.2, 0) is 6.61 Å². The molecule has 0 unspecified atom stereocenters. The van der Waals surface area contributed by atoms with E-state index in [0.717, 1.165) is 0 Å². The van der Waals surface area contributed by atoms with Gasteiger partial charge in [-0.25, -0.2) is 0 Å². The Kier molecular flexibility index (Phi) is 1.92. The molecule has 0 amide bonds. The van der Waals surface area contributed by atoms with E-state index in [2.05, 4.69) is 41.0 Å². The van der Waals surface area contributed by atoms with Gasteiger partial charge < -0.3 is 4.74 Å². The first-order valence-electron chi connectivity index (χ1n) is 4.44. The zero-order valence-electron chi connectivity index (χ0n) is 7.95. The third-order valence-corrected chi connectivity index (χ3v) is 1.90. The molecule has 0 saturated heterocycles. The Morgan fingerprint density at radius 2 is 2.12 bits per heavy atom. The van der Waals surface area contributed by atoms with Crippen LogP contribution >= 0.6 is 0 Å². The van der Waals surface area contributed by atoms with Crippen LogP contribution in [0.3, 0.4) is 0 Å². The molecule has 0 aliphatic rings. The molecule has 0 saturated carbocycles. The Hall–Kier alpha value is -2.58. The summed E-state index contributed by atoms with van der Waals surface area (Å²) in [5.41, 5.74) is 1.81. The van der Waals surface area contributed by atoms with E-state index in [1.165, 1.54) is 0 Å². The van der Waals surface area contributed by atoms with Crippen LogP contribution in [0.2, 0.25) is 0 Å². The third-order valence-electron chi connectivity index (χ3n) is 1.90. The first-order chi connectivity index (χ1) is 7.92. The van der Waals surface area contributed by atoms with Crippen molar-refractivity contribution in [3.05, 3.63) is 18.0 Å². The Morgan fingerprint density at radius 3 is 3.00 bits per heavy atom. The van der Waals surface area contributed by atoms with E-state index in [1.54, 1.807) is 12.3 Å². The van der Waals surface area contributed by atoms with Crippen molar-refractivity contribution in [1.82, 2.24) is 41.0 Å². The second-order valence-electron chi connectivity index (χ2n) is 2.99. The van der Waals surface area contributed by atoms with Crippen molar-refractivity contribution >= 4 is 11.2 Å². The normalized spacial score (nSPS) is 10.8. The van der Waals surface area contributed by atoms with Gasteiger partial charge >= 0.3 is 0 Å². The number of hydrogen-bond donors (Lipinski definition) is 2. The standard InChI is InChI=1S/C7H6N8O/c1-5-7(13-15-10-5)12-11-6(1)16-3-4-2-8-14-9-4/h1-2H,3H2,(H,8,9,14)(H,10,12,13,15). The molecule has 0 fully saturated rings. The number of aromatic nitrogens is 8. The molecule has 3 aromatic heterocycles. The number of H-pyrrole nitrogens is 2. The maximum Gasteiger partial charge on any atom is 0.236 e. The van der Waals surface area contributed by atoms with Gasteiger partial charge in [0.15, 0.2) is 0 Å². The van der Waals surface area contributed by atoms with Gasteiger partial charge in [-0.3, -0.25) is 10.2 Å². The maximum absolute atomic E-state index is 5.36. The number of nitrogens with one attached hydrogen (secondary N) is 2. The molecule has 0 aromatic carbocycles. The zero-order chi connectivity index (χ0) is 10.8. The second-order valence-corrected chi connectivity index (χ2v) is 2.99. The highest BCUT2D eigenvalue weighted by molar-refractivity contribution is 5.68. The average Bonchev–Trinajstić information content (AvgIpc) is 2.97. The van der Waals surface area contributed by atoms with Crippen molar-refractivity contribution in [1.29, 1.82) is 0 Å². The number of aromatic amines is 2. The van der Waals surface area contributed by atoms with Gasteiger partial charge in [0.25, 0.3) is 0 Å². The first kappa shape index (κ1) is 8.71. The van der Waals surface area contributed by atoms with Gasteiger partial charge in [0.05, 0.1) is 0 Å². The van der Waals surface area contributed by atoms with Crippen molar-refractivity contribution < 1.29 is 4.74 Å². The van der Waals surface area contributed by atoms with Crippen LogP contribution in [0.5, 0.6) is 5.88 Å². The highest BCUT2D eigenvalue weighted by atomic mass is 16.5. The fraction of sp³-hybridized carbons (Fsp3) is 0.143. The number of ether oxygens (including phenoxy) is 1. The molecule has 0 bridgehead atoms. The lowest BCUT2D eigenvalue weighted by molar-refractivity contribution is 0.286. The molecule has 0 aliphatic carbocycles. The lowest BCUT2D eigenvalue weighted by Crippen LogP contribution is -1.98. The Morgan fingerprint density at radius 1 is 1.12 bits per heavy atom. The largest absolute Gasteiger partial charge is 0.470 e. The van der Waals surface area contributed by atoms with Gasteiger partial charge in [-0.1, -0.05) is 10.4 Å². The summed E-state index contributed by atoms with van der Waals surface area (Å²) >= 11 is 0. The highest BCUT2D eigenvalue weighted by Gasteiger charge is 2.04. The summed E-state index contributed by atoms with van der Waals surface area (Å²) in [6, 6.07) is 1.67. The molecule has 0 atom stereocenters. The second kappa shape index (κ2) is 3.53. The summed E-state index contributed by atoms with van der Waals surface area (Å²) < 4.78 is 5.36. The quantitative estimate of drug-likeness (QED) is 0.605. The third kappa shape index (κ3) is 1.54. The van der Waals surface area contributed by atoms with Gasteiger partial charge in [0, 0.05) is 12.3 Å². The van der Waals surface area contributed by atoms with Crippen molar-refractivity contribution in [3.63, 3.8) is 0 Å². The molecule has 3 rings (SSSR count). The molecule has 9 nitrogen and oxygen atoms in total. The van der Waals surface area contributed by atoms with Gasteiger partial charge in [0.1, 0.15) is 17.8 Å². The number of hydrogen-bond acceptors (Lipinski definition) is 7. The van der Waals surface area contributed by atoms with Crippen LogP contribution < -0.4 is 4.74 Å². The van der Waals surface area contributed by atoms with E-state index < -0.39 is 0 Å². The molecule has 0 spiro atoms. The molecule has 80 valence electrons. The van der Waals surface area contributed by atoms with Crippen LogP contribution in [-0.4, -0.2) is 41.0 Å². The number of fused-ring (bicyclic) bond motifs is 1. The lowest BCUT2D eigenvalue weighted by atomic mass is 10.5. The van der Waals surface area contributed by atoms with Gasteiger partial charge in [-0.15, -0.1) is 20.4 Å². The molecule has 3 heterocycles. The van der Waals surface area contributed by atoms with E-state index in [4.69, 9.17) is 4.74 Å². The maximum atomic E-state index is 5.36. The van der Waals surface area contributed by atoms with Crippen LogP contribution in [0.4, 0.5) is 0 Å². The van der Waals surface area contributed by atoms with E-state index in [1.807, 2.05) is 0 Å². The molecule has 3 aromatic rings. The van der Waals surface area contributed by atoms with Crippen molar-refractivity contribution in [3.8, 4) is 5.88 Å². The Balaban J connectivity index is 1.78. The monoisotopic (exact) mass is 218 g/mol. The van der Waals surface area contributed by atoms with Crippen molar-refractivity contribution in [2.75, 3.05) is 0 Å². The van der Waals surface area contributed by atoms with Crippen LogP contribution in [0, 0.1) is 0 Å². The number of rotatable bonds is 3. The average molecular weight is 218 g/mol. The summed E-state index contributed by atoms with van der Waals surface area (Å²) in [5, 5.41) is 27.5. The highest BCUT2D eigenvalue weighted by Crippen LogP contribution is 2.11. The Bertz CT molecular complexity index is 587. The van der Waals surface area contributed by atoms with Crippen LogP contribution in [0.15, 0.2) is 12.3 Å². The molecule has 0 aliphatic heterocycles. The molecule has 16 heavy (non-hydrogen) atoms. The van der Waals surface area contributed by atoms with Gasteiger partial charge in [0.2, 0.25) is 11.5 Å². The van der Waals surface area contributed by atoms with E-state index >= 15 is 0 Å². The van der Waals surface area contributed by atoms with Crippen LogP contribution in [0.1, 0.15) is 5.69 Å². The summed E-state index contributed by atoms with van der Waals surface area (Å²) in [4.78, 5) is 0. The van der Waals surface area contributed by atoms with Crippen molar-refractivity contribution in [2.24, 2.45) is 0 Å². The summed E-state index contributed by atoms with van der Waals surface area (Å²) in [6.45, 7) is 0.276. The first-order valence-corrected chi connectivity index (χ1v) is 4.44. The minimum Gasteiger partial charge on any atom is -0.470 e. The minimum atomic E-state index is 0.276. The summed E-state index contributed by atoms with van der Waals surface area (Å²) in [7, 11) is 0. The predicted molar refractivity (Wildman–Crippen MR) is 50.2 cm³/mol. The fourth-order valence-electron chi connectivity index (χ4n) is 1.16. The smallest absolute Gasteiger partial charge is 0.236 e. The van der Waals surface area contributed by atoms with E-state index in [-0.39, 0.29) is 6.61 Å². The minimum absolute atomic E-state index is 0.276.